The predicted molar refractivity (Wildman–Crippen MR) is 66.9 cm³/mol. The summed E-state index contributed by atoms with van der Waals surface area (Å²) in [5.41, 5.74) is 1.31. The van der Waals surface area contributed by atoms with Crippen LogP contribution in [-0.2, 0) is 4.79 Å². The van der Waals surface area contributed by atoms with Crippen LogP contribution < -0.4 is 0 Å². The van der Waals surface area contributed by atoms with E-state index >= 15 is 0 Å². The summed E-state index contributed by atoms with van der Waals surface area (Å²) in [6.07, 6.45) is 4.95. The van der Waals surface area contributed by atoms with Gasteiger partial charge in [0, 0.05) is 6.42 Å². The Morgan fingerprint density at radius 2 is 1.87 bits per heavy atom. The minimum atomic E-state index is 0.276. The predicted octanol–water partition coefficient (Wildman–Crippen LogP) is 4.37. The molecule has 0 rings (SSSR count). The fourth-order valence-corrected chi connectivity index (χ4v) is 1.90. The molecular formula is C14H26O. The van der Waals surface area contributed by atoms with E-state index < -0.39 is 0 Å². The molecule has 0 fully saturated rings. The minimum Gasteiger partial charge on any atom is -0.295 e. The van der Waals surface area contributed by atoms with Crippen LogP contribution in [0.4, 0.5) is 0 Å². The highest BCUT2D eigenvalue weighted by Gasteiger charge is 2.14. The van der Waals surface area contributed by atoms with Crippen LogP contribution in [0.5, 0.6) is 0 Å². The van der Waals surface area contributed by atoms with Crippen LogP contribution in [0.15, 0.2) is 11.6 Å². The SMILES string of the molecule is CCC(=O)/C(C)=C/CC(C)CC(C)(C)C. The van der Waals surface area contributed by atoms with Crippen molar-refractivity contribution in [2.45, 2.75) is 60.8 Å². The van der Waals surface area contributed by atoms with Crippen LogP contribution in [0, 0.1) is 11.3 Å². The largest absolute Gasteiger partial charge is 0.295 e. The normalized spacial score (nSPS) is 15.2. The highest BCUT2D eigenvalue weighted by Crippen LogP contribution is 2.26. The van der Waals surface area contributed by atoms with Crippen molar-refractivity contribution in [1.82, 2.24) is 0 Å². The molecule has 0 saturated heterocycles. The number of hydrogen-bond donors (Lipinski definition) is 0. The molecule has 0 aliphatic carbocycles. The van der Waals surface area contributed by atoms with Gasteiger partial charge in [-0.2, -0.15) is 0 Å². The van der Waals surface area contributed by atoms with Crippen molar-refractivity contribution in [2.24, 2.45) is 11.3 Å². The van der Waals surface area contributed by atoms with Crippen molar-refractivity contribution in [3.63, 3.8) is 0 Å². The molecule has 0 aromatic rings. The lowest BCUT2D eigenvalue weighted by Gasteiger charge is -2.22. The van der Waals surface area contributed by atoms with E-state index in [1.165, 1.54) is 6.42 Å². The standard InChI is InChI=1S/C14H26O/c1-7-13(15)12(3)9-8-11(2)10-14(4,5)6/h9,11H,7-8,10H2,1-6H3/b12-9+. The smallest absolute Gasteiger partial charge is 0.157 e. The van der Waals surface area contributed by atoms with Crippen LogP contribution >= 0.6 is 0 Å². The molecule has 0 aromatic carbocycles. The van der Waals surface area contributed by atoms with Gasteiger partial charge in [-0.3, -0.25) is 4.79 Å². The number of carbonyl (C=O) groups excluding carboxylic acids is 1. The summed E-state index contributed by atoms with van der Waals surface area (Å²) < 4.78 is 0. The minimum absolute atomic E-state index is 0.276. The summed E-state index contributed by atoms with van der Waals surface area (Å²) in [6.45, 7) is 12.9. The van der Waals surface area contributed by atoms with Gasteiger partial charge in [0.25, 0.3) is 0 Å². The Bertz CT molecular complexity index is 230. The Hall–Kier alpha value is -0.590. The number of allylic oxidation sites excluding steroid dienone is 2. The van der Waals surface area contributed by atoms with Gasteiger partial charge >= 0.3 is 0 Å². The average molecular weight is 210 g/mol. The molecule has 0 radical (unpaired) electrons. The van der Waals surface area contributed by atoms with Crippen LogP contribution in [0.1, 0.15) is 60.8 Å². The Morgan fingerprint density at radius 1 is 1.33 bits per heavy atom. The van der Waals surface area contributed by atoms with Crippen molar-refractivity contribution >= 4 is 5.78 Å². The quantitative estimate of drug-likeness (QED) is 0.616. The van der Waals surface area contributed by atoms with E-state index in [1.807, 2.05) is 13.8 Å². The van der Waals surface area contributed by atoms with Crippen LogP contribution in [0.25, 0.3) is 0 Å². The zero-order valence-corrected chi connectivity index (χ0v) is 11.2. The molecule has 1 atom stereocenters. The van der Waals surface area contributed by atoms with E-state index in [-0.39, 0.29) is 5.78 Å². The third kappa shape index (κ3) is 7.35. The van der Waals surface area contributed by atoms with Gasteiger partial charge in [0.2, 0.25) is 0 Å². The first-order chi connectivity index (χ1) is 6.76. The second-order valence-electron chi connectivity index (χ2n) is 5.77. The van der Waals surface area contributed by atoms with Gasteiger partial charge in [-0.1, -0.05) is 40.7 Å². The Kier molecular flexibility index (Phi) is 5.85. The number of carbonyl (C=O) groups is 1. The first-order valence-corrected chi connectivity index (χ1v) is 5.96. The lowest BCUT2D eigenvalue weighted by Crippen LogP contribution is -2.10. The maximum Gasteiger partial charge on any atom is 0.157 e. The van der Waals surface area contributed by atoms with Gasteiger partial charge < -0.3 is 0 Å². The lowest BCUT2D eigenvalue weighted by atomic mass is 9.84. The van der Waals surface area contributed by atoms with Gasteiger partial charge in [-0.25, -0.2) is 0 Å². The highest BCUT2D eigenvalue weighted by atomic mass is 16.1. The fourth-order valence-electron chi connectivity index (χ4n) is 1.90. The molecule has 0 aliphatic rings. The molecule has 0 heterocycles. The van der Waals surface area contributed by atoms with Gasteiger partial charge in [0.1, 0.15) is 0 Å². The molecule has 1 heteroatoms. The molecule has 0 aromatic heterocycles. The molecule has 0 aliphatic heterocycles. The summed E-state index contributed by atoms with van der Waals surface area (Å²) in [4.78, 5) is 11.3. The highest BCUT2D eigenvalue weighted by molar-refractivity contribution is 5.94. The topological polar surface area (TPSA) is 17.1 Å². The lowest BCUT2D eigenvalue weighted by molar-refractivity contribution is -0.115. The Morgan fingerprint density at radius 3 is 2.27 bits per heavy atom. The zero-order valence-electron chi connectivity index (χ0n) is 11.2. The van der Waals surface area contributed by atoms with Gasteiger partial charge in [-0.05, 0) is 36.7 Å². The molecule has 0 saturated carbocycles. The molecule has 0 amide bonds. The van der Waals surface area contributed by atoms with Crippen molar-refractivity contribution in [2.75, 3.05) is 0 Å². The first kappa shape index (κ1) is 14.4. The number of rotatable bonds is 5. The summed E-state index contributed by atoms with van der Waals surface area (Å²) in [5, 5.41) is 0. The van der Waals surface area contributed by atoms with Gasteiger partial charge in [0.15, 0.2) is 5.78 Å². The van der Waals surface area contributed by atoms with Crippen LogP contribution in [-0.4, -0.2) is 5.78 Å². The summed E-state index contributed by atoms with van der Waals surface area (Å²) in [7, 11) is 0. The number of Topliss-reactive ketones (excluding diaryl/α,β-unsaturated/α-hetero) is 1. The third-order valence-electron chi connectivity index (χ3n) is 2.55. The maximum absolute atomic E-state index is 11.3. The van der Waals surface area contributed by atoms with Crippen LogP contribution in [0.3, 0.4) is 0 Å². The van der Waals surface area contributed by atoms with E-state index in [0.717, 1.165) is 12.0 Å². The van der Waals surface area contributed by atoms with E-state index in [1.54, 1.807) is 0 Å². The Labute approximate surface area is 95.0 Å². The van der Waals surface area contributed by atoms with E-state index in [9.17, 15) is 4.79 Å². The number of hydrogen-bond acceptors (Lipinski definition) is 1. The zero-order chi connectivity index (χ0) is 12.1. The molecule has 0 N–H and O–H groups in total. The van der Waals surface area contributed by atoms with E-state index in [4.69, 9.17) is 0 Å². The summed E-state index contributed by atoms with van der Waals surface area (Å²) in [6, 6.07) is 0. The van der Waals surface area contributed by atoms with E-state index in [0.29, 0.717) is 17.8 Å². The Balaban J connectivity index is 4.09. The summed E-state index contributed by atoms with van der Waals surface area (Å²) >= 11 is 0. The monoisotopic (exact) mass is 210 g/mol. The average Bonchev–Trinajstić information content (AvgIpc) is 2.10. The molecule has 1 nitrogen and oxygen atoms in total. The van der Waals surface area contributed by atoms with Crippen molar-refractivity contribution in [3.05, 3.63) is 11.6 Å². The molecule has 15 heavy (non-hydrogen) atoms. The van der Waals surface area contributed by atoms with E-state index in [2.05, 4.69) is 33.8 Å². The van der Waals surface area contributed by atoms with Gasteiger partial charge in [0.05, 0.1) is 0 Å². The second-order valence-corrected chi connectivity index (χ2v) is 5.77. The van der Waals surface area contributed by atoms with Crippen molar-refractivity contribution < 1.29 is 4.79 Å². The molecule has 1 unspecified atom stereocenters. The van der Waals surface area contributed by atoms with Crippen molar-refractivity contribution in [1.29, 1.82) is 0 Å². The maximum atomic E-state index is 11.3. The van der Waals surface area contributed by atoms with Gasteiger partial charge in [-0.15, -0.1) is 0 Å². The molecule has 0 bridgehead atoms. The second kappa shape index (κ2) is 6.09. The fraction of sp³-hybridized carbons (Fsp3) is 0.786. The molecule has 0 spiro atoms. The first-order valence-electron chi connectivity index (χ1n) is 5.96. The van der Waals surface area contributed by atoms with Crippen molar-refractivity contribution in [3.8, 4) is 0 Å². The van der Waals surface area contributed by atoms with Crippen LogP contribution in [0.2, 0.25) is 0 Å². The number of ketones is 1. The third-order valence-corrected chi connectivity index (χ3v) is 2.55. The molecule has 88 valence electrons. The molecular weight excluding hydrogens is 184 g/mol. The summed E-state index contributed by atoms with van der Waals surface area (Å²) in [5.74, 6) is 0.933.